The molecule has 2 saturated heterocycles. The van der Waals surface area contributed by atoms with E-state index in [1.54, 1.807) is 48.7 Å². The van der Waals surface area contributed by atoms with Crippen LogP contribution in [0.3, 0.4) is 0 Å². The van der Waals surface area contributed by atoms with Crippen LogP contribution in [0.4, 0.5) is 16.6 Å². The number of thiazole rings is 1. The zero-order valence-electron chi connectivity index (χ0n) is 51.6. The lowest BCUT2D eigenvalue weighted by atomic mass is 9.84. The number of aromatic nitrogens is 4. The molecule has 3 atom stereocenters. The molecule has 476 valence electrons. The summed E-state index contributed by atoms with van der Waals surface area (Å²) < 4.78 is 39.5. The Kier molecular flexibility index (Phi) is 19.2. The van der Waals surface area contributed by atoms with E-state index in [-0.39, 0.29) is 55.1 Å². The van der Waals surface area contributed by atoms with Crippen LogP contribution in [0.2, 0.25) is 0 Å². The number of rotatable bonds is 19. The SMILES string of the molecule is C#Cc1ccc(CNC(=O)[C@@H]2C[C@@H](O)CN2C(=O)[C@@H](NC(=O)C2CCN(c3ccc(S(=O)(=O)NC(=O)c4nc(N5CCc6cccc(C(=O)Nc7nc8ccccc8s7)c6C5)ccc4-c4cnn(CC5CCCCC5)c4C)cc3)CC2)C(C)(C)C)c(OCCO)c1. The maximum atomic E-state index is 14.7. The first kappa shape index (κ1) is 63.9. The van der Waals surface area contributed by atoms with Gasteiger partial charge < -0.3 is 40.3 Å². The number of nitrogens with one attached hydrogen (secondary N) is 4. The second-order valence-corrected chi connectivity index (χ2v) is 27.8. The van der Waals surface area contributed by atoms with Gasteiger partial charge in [-0.15, -0.1) is 6.42 Å². The van der Waals surface area contributed by atoms with Gasteiger partial charge in [-0.1, -0.05) is 87.6 Å². The molecular formula is C68H77N11O10S2. The van der Waals surface area contributed by atoms with Gasteiger partial charge in [-0.05, 0) is 128 Å². The highest BCUT2D eigenvalue weighted by molar-refractivity contribution is 7.90. The summed E-state index contributed by atoms with van der Waals surface area (Å²) in [5, 5.41) is 34.3. The van der Waals surface area contributed by atoms with E-state index >= 15 is 0 Å². The van der Waals surface area contributed by atoms with Crippen LogP contribution in [-0.2, 0) is 50.5 Å². The minimum absolute atomic E-state index is 0.00267. The van der Waals surface area contributed by atoms with Gasteiger partial charge in [-0.2, -0.15) is 5.10 Å². The number of hydrogen-bond donors (Lipinski definition) is 6. The Morgan fingerprint density at radius 3 is 2.36 bits per heavy atom. The predicted molar refractivity (Wildman–Crippen MR) is 348 cm³/mol. The minimum Gasteiger partial charge on any atom is -0.491 e. The summed E-state index contributed by atoms with van der Waals surface area (Å²) in [6, 6.07) is 26.2. The normalized spacial score (nSPS) is 17.7. The summed E-state index contributed by atoms with van der Waals surface area (Å²) in [6.07, 6.45) is 13.5. The zero-order chi connectivity index (χ0) is 64.1. The number of amides is 5. The first-order valence-corrected chi connectivity index (χ1v) is 33.4. The molecule has 91 heavy (non-hydrogen) atoms. The number of ether oxygens (including phenoxy) is 1. The highest BCUT2D eigenvalue weighted by atomic mass is 32.2. The van der Waals surface area contributed by atoms with Gasteiger partial charge in [0.25, 0.3) is 21.8 Å². The first-order chi connectivity index (χ1) is 43.7. The lowest BCUT2D eigenvalue weighted by molar-refractivity contribution is -0.144. The second kappa shape index (κ2) is 27.4. The van der Waals surface area contributed by atoms with E-state index in [9.17, 15) is 42.6 Å². The number of para-hydroxylation sites is 1. The highest BCUT2D eigenvalue weighted by Gasteiger charge is 2.45. The minimum atomic E-state index is -4.47. The number of piperidine rings is 1. The Morgan fingerprint density at radius 1 is 0.857 bits per heavy atom. The number of anilines is 3. The van der Waals surface area contributed by atoms with E-state index in [0.717, 1.165) is 46.4 Å². The second-order valence-electron chi connectivity index (χ2n) is 25.1. The van der Waals surface area contributed by atoms with Gasteiger partial charge in [0, 0.05) is 97.4 Å². The van der Waals surface area contributed by atoms with Gasteiger partial charge in [0.1, 0.15) is 36.0 Å². The number of carbonyl (C=O) groups is 5. The molecule has 3 fully saturated rings. The van der Waals surface area contributed by atoms with Crippen LogP contribution in [0.5, 0.6) is 5.75 Å². The summed E-state index contributed by atoms with van der Waals surface area (Å²) in [7, 11) is -4.47. The van der Waals surface area contributed by atoms with E-state index in [4.69, 9.17) is 21.2 Å². The van der Waals surface area contributed by atoms with Crippen molar-refractivity contribution in [3.8, 4) is 29.2 Å². The van der Waals surface area contributed by atoms with Gasteiger partial charge in [0.15, 0.2) is 5.13 Å². The number of hydrogen-bond acceptors (Lipinski definition) is 16. The Labute approximate surface area is 534 Å². The molecule has 1 saturated carbocycles. The van der Waals surface area contributed by atoms with Crippen LogP contribution in [0.1, 0.15) is 121 Å². The average molecular weight is 1270 g/mol. The summed E-state index contributed by atoms with van der Waals surface area (Å²) in [5.41, 5.74) is 6.00. The number of likely N-dealkylation sites (tertiary alicyclic amines) is 1. The molecule has 7 aromatic rings. The van der Waals surface area contributed by atoms with Crippen LogP contribution >= 0.6 is 11.3 Å². The van der Waals surface area contributed by atoms with Gasteiger partial charge in [-0.3, -0.25) is 34.0 Å². The van der Waals surface area contributed by atoms with Crippen LogP contribution in [0.25, 0.3) is 21.3 Å². The summed E-state index contributed by atoms with van der Waals surface area (Å²) >= 11 is 1.40. The molecule has 3 aromatic heterocycles. The van der Waals surface area contributed by atoms with Crippen LogP contribution < -0.4 is 35.2 Å². The molecule has 6 N–H and O–H groups in total. The Bertz CT molecular complexity index is 4000. The fraction of sp³-hybridized carbons (Fsp3) is 0.412. The quantitative estimate of drug-likeness (QED) is 0.0423. The third-order valence-electron chi connectivity index (χ3n) is 17.9. The van der Waals surface area contributed by atoms with Crippen molar-refractivity contribution in [3.63, 3.8) is 0 Å². The van der Waals surface area contributed by atoms with E-state index in [0.29, 0.717) is 102 Å². The molecule has 0 radical (unpaired) electrons. The number of aliphatic hydroxyl groups excluding tert-OH is 2. The Morgan fingerprint density at radius 2 is 1.63 bits per heavy atom. The van der Waals surface area contributed by atoms with E-state index < -0.39 is 57.3 Å². The Balaban J connectivity index is 0.750. The molecule has 5 amide bonds. The molecule has 4 aromatic carbocycles. The fourth-order valence-corrected chi connectivity index (χ4v) is 14.6. The third-order valence-corrected chi connectivity index (χ3v) is 20.2. The van der Waals surface area contributed by atoms with Crippen molar-refractivity contribution in [2.45, 2.75) is 128 Å². The first-order valence-electron chi connectivity index (χ1n) is 31.1. The van der Waals surface area contributed by atoms with E-state index in [1.807, 2.05) is 84.6 Å². The highest BCUT2D eigenvalue weighted by Crippen LogP contribution is 2.36. The summed E-state index contributed by atoms with van der Waals surface area (Å²) in [4.78, 5) is 85.8. The molecule has 1 aliphatic carbocycles. The van der Waals surface area contributed by atoms with Crippen molar-refractivity contribution in [2.24, 2.45) is 17.3 Å². The molecule has 21 nitrogen and oxygen atoms in total. The number of benzene rings is 4. The number of sulfonamides is 1. The lowest BCUT2D eigenvalue weighted by Crippen LogP contribution is -2.58. The largest absolute Gasteiger partial charge is 0.491 e. The van der Waals surface area contributed by atoms with Crippen molar-refractivity contribution in [2.75, 3.05) is 54.5 Å². The molecule has 6 heterocycles. The monoisotopic (exact) mass is 1270 g/mol. The van der Waals surface area contributed by atoms with Crippen LogP contribution in [0.15, 0.2) is 108 Å². The molecular weight excluding hydrogens is 1190 g/mol. The number of carbonyl (C=O) groups excluding carboxylic acids is 5. The standard InChI is InChI=1S/C68H77N11O10S2/c1-6-43-19-20-47(57(35-43)89-34-33-80)37-69-64(84)56-36-49(81)40-78(56)66(86)61(68(3,4)5)73-62(82)46-28-30-76(31-29-46)48-21-23-50(24-22-48)91(87,88)75-65(85)60-51(53-38-70-79(42(53)2)39-44-13-8-7-9-14-44)25-26-59(72-60)77-32-27-45-15-12-16-52(54(45)41-77)63(83)74-67-71-55-17-10-11-18-58(55)90-67/h1,10-12,15-26,35,38,44,46,49,56,61,80-81H,7-9,13-14,27-34,36-37,39-41H2,2-5H3,(H,69,84)(H,73,82)(H,75,85)(H,71,74,83)/t49-,56+,61-/m1/s1. The zero-order valence-corrected chi connectivity index (χ0v) is 53.2. The molecule has 11 rings (SSSR count). The summed E-state index contributed by atoms with van der Waals surface area (Å²) in [5.74, 6) is 0.856. The van der Waals surface area contributed by atoms with Gasteiger partial charge in [-0.25, -0.2) is 23.1 Å². The topological polar surface area (TPSA) is 271 Å². The van der Waals surface area contributed by atoms with E-state index in [1.165, 1.54) is 47.6 Å². The Hall–Kier alpha value is -8.69. The van der Waals surface area contributed by atoms with E-state index in [2.05, 4.69) is 31.6 Å². The fourth-order valence-electron chi connectivity index (χ4n) is 12.8. The molecule has 0 unspecified atom stereocenters. The number of nitrogens with zero attached hydrogens (tertiary/aromatic N) is 7. The smallest absolute Gasteiger partial charge is 0.284 e. The number of aliphatic hydroxyl groups is 2. The third kappa shape index (κ3) is 14.4. The molecule has 0 spiro atoms. The van der Waals surface area contributed by atoms with Crippen molar-refractivity contribution >= 4 is 77.7 Å². The number of fused-ring (bicyclic) bond motifs is 2. The maximum absolute atomic E-state index is 14.7. The van der Waals surface area contributed by atoms with Crippen molar-refractivity contribution in [1.29, 1.82) is 0 Å². The molecule has 4 aliphatic rings. The van der Waals surface area contributed by atoms with Crippen molar-refractivity contribution in [1.82, 2.24) is 40.0 Å². The van der Waals surface area contributed by atoms with Crippen LogP contribution in [0, 0.1) is 36.5 Å². The lowest BCUT2D eigenvalue weighted by Gasteiger charge is -2.37. The summed E-state index contributed by atoms with van der Waals surface area (Å²) in [6.45, 7) is 9.58. The molecule has 23 heteroatoms. The van der Waals surface area contributed by atoms with Gasteiger partial charge in [0.05, 0.1) is 34.0 Å². The predicted octanol–water partition coefficient (Wildman–Crippen LogP) is 7.76. The van der Waals surface area contributed by atoms with Crippen molar-refractivity contribution < 1.29 is 47.3 Å². The number of pyridine rings is 1. The molecule has 3 aliphatic heterocycles. The number of terminal acetylenes is 1. The maximum Gasteiger partial charge on any atom is 0.284 e. The van der Waals surface area contributed by atoms with Crippen molar-refractivity contribution in [3.05, 3.63) is 142 Å². The number of β-amino-alcohol motifs (C(OH)–C–C–N with tert-alkyl or cyclic N) is 1. The molecule has 0 bridgehead atoms. The average Bonchev–Trinajstić information content (AvgIpc) is 1.79. The van der Waals surface area contributed by atoms with Gasteiger partial charge in [0.2, 0.25) is 17.7 Å². The van der Waals surface area contributed by atoms with Crippen LogP contribution in [-0.4, -0.2) is 130 Å². The van der Waals surface area contributed by atoms with Gasteiger partial charge >= 0.3 is 0 Å².